The molecular weight excluding hydrogens is 201 g/mol. The summed E-state index contributed by atoms with van der Waals surface area (Å²) < 4.78 is 13.4. The molecule has 1 aromatic carbocycles. The Labute approximate surface area is 98.1 Å². The van der Waals surface area contributed by atoms with E-state index in [0.29, 0.717) is 12.1 Å². The molecule has 0 aliphatic heterocycles. The largest absolute Gasteiger partial charge is 0.311 e. The topological polar surface area (TPSA) is 12.0 Å². The SMILES string of the molecule is CCC(CC)NC(C)Cc1ccccc1F. The van der Waals surface area contributed by atoms with E-state index >= 15 is 0 Å². The zero-order chi connectivity index (χ0) is 12.0. The van der Waals surface area contributed by atoms with Crippen molar-refractivity contribution in [2.45, 2.75) is 52.1 Å². The molecule has 0 radical (unpaired) electrons. The first kappa shape index (κ1) is 13.2. The van der Waals surface area contributed by atoms with Gasteiger partial charge in [0.25, 0.3) is 0 Å². The number of halogens is 1. The van der Waals surface area contributed by atoms with Crippen LogP contribution in [0.1, 0.15) is 39.2 Å². The summed E-state index contributed by atoms with van der Waals surface area (Å²) in [5, 5.41) is 3.53. The fraction of sp³-hybridized carbons (Fsp3) is 0.571. The third-order valence-electron chi connectivity index (χ3n) is 2.99. The van der Waals surface area contributed by atoms with Crippen molar-refractivity contribution < 1.29 is 4.39 Å². The van der Waals surface area contributed by atoms with Crippen molar-refractivity contribution in [2.24, 2.45) is 0 Å². The van der Waals surface area contributed by atoms with Crippen molar-refractivity contribution in [1.82, 2.24) is 5.32 Å². The van der Waals surface area contributed by atoms with E-state index < -0.39 is 0 Å². The van der Waals surface area contributed by atoms with Crippen LogP contribution in [0.4, 0.5) is 4.39 Å². The van der Waals surface area contributed by atoms with Crippen LogP contribution >= 0.6 is 0 Å². The van der Waals surface area contributed by atoms with Gasteiger partial charge in [0.15, 0.2) is 0 Å². The van der Waals surface area contributed by atoms with Gasteiger partial charge in [-0.25, -0.2) is 4.39 Å². The van der Waals surface area contributed by atoms with Crippen LogP contribution in [0.25, 0.3) is 0 Å². The molecule has 0 bridgehead atoms. The molecule has 0 aliphatic carbocycles. The Balaban J connectivity index is 2.51. The molecule has 1 N–H and O–H groups in total. The minimum atomic E-state index is -0.0966. The van der Waals surface area contributed by atoms with Crippen LogP contribution in [0.2, 0.25) is 0 Å². The molecule has 1 rings (SSSR count). The maximum absolute atomic E-state index is 13.4. The van der Waals surface area contributed by atoms with Gasteiger partial charge >= 0.3 is 0 Å². The van der Waals surface area contributed by atoms with Gasteiger partial charge in [0.05, 0.1) is 0 Å². The molecule has 1 aromatic rings. The second-order valence-corrected chi connectivity index (χ2v) is 4.38. The van der Waals surface area contributed by atoms with Crippen LogP contribution in [0.3, 0.4) is 0 Å². The lowest BCUT2D eigenvalue weighted by atomic mass is 10.0. The van der Waals surface area contributed by atoms with Crippen molar-refractivity contribution >= 4 is 0 Å². The van der Waals surface area contributed by atoms with Crippen molar-refractivity contribution in [3.8, 4) is 0 Å². The number of rotatable bonds is 6. The van der Waals surface area contributed by atoms with Gasteiger partial charge in [-0.3, -0.25) is 0 Å². The van der Waals surface area contributed by atoms with E-state index in [1.165, 1.54) is 6.07 Å². The van der Waals surface area contributed by atoms with E-state index in [9.17, 15) is 4.39 Å². The molecular formula is C14H22FN. The zero-order valence-electron chi connectivity index (χ0n) is 10.5. The Morgan fingerprint density at radius 2 is 1.81 bits per heavy atom. The summed E-state index contributed by atoms with van der Waals surface area (Å²) in [6.45, 7) is 6.47. The van der Waals surface area contributed by atoms with Gasteiger partial charge in [0.1, 0.15) is 5.82 Å². The van der Waals surface area contributed by atoms with E-state index in [4.69, 9.17) is 0 Å². The number of hydrogen-bond acceptors (Lipinski definition) is 1. The van der Waals surface area contributed by atoms with E-state index in [1.807, 2.05) is 12.1 Å². The van der Waals surface area contributed by atoms with Crippen LogP contribution in [0, 0.1) is 5.82 Å². The van der Waals surface area contributed by atoms with Gasteiger partial charge in [-0.1, -0.05) is 32.0 Å². The average Bonchev–Trinajstić information content (AvgIpc) is 2.29. The summed E-state index contributed by atoms with van der Waals surface area (Å²) >= 11 is 0. The number of nitrogens with one attached hydrogen (secondary N) is 1. The Hall–Kier alpha value is -0.890. The lowest BCUT2D eigenvalue weighted by Crippen LogP contribution is -2.37. The summed E-state index contributed by atoms with van der Waals surface area (Å²) in [6, 6.07) is 7.88. The molecule has 16 heavy (non-hydrogen) atoms. The molecule has 0 amide bonds. The lowest BCUT2D eigenvalue weighted by molar-refractivity contribution is 0.418. The maximum atomic E-state index is 13.4. The number of benzene rings is 1. The van der Waals surface area contributed by atoms with Gasteiger partial charge in [-0.2, -0.15) is 0 Å². The first-order valence-electron chi connectivity index (χ1n) is 6.16. The first-order valence-corrected chi connectivity index (χ1v) is 6.16. The van der Waals surface area contributed by atoms with E-state index in [1.54, 1.807) is 6.07 Å². The summed E-state index contributed by atoms with van der Waals surface area (Å²) in [6.07, 6.45) is 3.00. The summed E-state index contributed by atoms with van der Waals surface area (Å²) in [5.41, 5.74) is 0.799. The minimum absolute atomic E-state index is 0.0966. The number of hydrogen-bond donors (Lipinski definition) is 1. The molecule has 0 saturated carbocycles. The second kappa shape index (κ2) is 6.64. The Kier molecular flexibility index (Phi) is 5.47. The molecule has 1 unspecified atom stereocenters. The Bertz CT molecular complexity index is 307. The van der Waals surface area contributed by atoms with Crippen molar-refractivity contribution in [1.29, 1.82) is 0 Å². The van der Waals surface area contributed by atoms with Crippen molar-refractivity contribution in [2.75, 3.05) is 0 Å². The third-order valence-corrected chi connectivity index (χ3v) is 2.99. The standard InChI is InChI=1S/C14H22FN/c1-4-13(5-2)16-11(3)10-12-8-6-7-9-14(12)15/h6-9,11,13,16H,4-5,10H2,1-3H3. The normalized spacial score (nSPS) is 13.1. The van der Waals surface area contributed by atoms with Crippen molar-refractivity contribution in [3.05, 3.63) is 35.6 Å². The molecule has 90 valence electrons. The predicted octanol–water partition coefficient (Wildman–Crippen LogP) is 3.53. The summed E-state index contributed by atoms with van der Waals surface area (Å²) in [5.74, 6) is -0.0966. The zero-order valence-corrected chi connectivity index (χ0v) is 10.5. The van der Waals surface area contributed by atoms with Gasteiger partial charge in [-0.05, 0) is 37.8 Å². The summed E-state index contributed by atoms with van der Waals surface area (Å²) in [7, 11) is 0. The molecule has 1 atom stereocenters. The molecule has 0 spiro atoms. The highest BCUT2D eigenvalue weighted by atomic mass is 19.1. The molecule has 2 heteroatoms. The smallest absolute Gasteiger partial charge is 0.126 e. The third kappa shape index (κ3) is 3.93. The fourth-order valence-electron chi connectivity index (χ4n) is 1.98. The molecule has 1 nitrogen and oxygen atoms in total. The predicted molar refractivity (Wildman–Crippen MR) is 67.1 cm³/mol. The van der Waals surface area contributed by atoms with Crippen LogP contribution in [0.15, 0.2) is 24.3 Å². The second-order valence-electron chi connectivity index (χ2n) is 4.38. The van der Waals surface area contributed by atoms with E-state index in [0.717, 1.165) is 24.8 Å². The van der Waals surface area contributed by atoms with Crippen LogP contribution in [-0.4, -0.2) is 12.1 Å². The van der Waals surface area contributed by atoms with Crippen LogP contribution in [0.5, 0.6) is 0 Å². The highest BCUT2D eigenvalue weighted by Crippen LogP contribution is 2.10. The van der Waals surface area contributed by atoms with Gasteiger partial charge in [0.2, 0.25) is 0 Å². The molecule has 0 aliphatic rings. The molecule has 0 heterocycles. The average molecular weight is 223 g/mol. The molecule has 0 fully saturated rings. The van der Waals surface area contributed by atoms with E-state index in [-0.39, 0.29) is 5.82 Å². The lowest BCUT2D eigenvalue weighted by Gasteiger charge is -2.21. The van der Waals surface area contributed by atoms with Gasteiger partial charge < -0.3 is 5.32 Å². The fourth-order valence-corrected chi connectivity index (χ4v) is 1.98. The monoisotopic (exact) mass is 223 g/mol. The van der Waals surface area contributed by atoms with Crippen LogP contribution < -0.4 is 5.32 Å². The Morgan fingerprint density at radius 3 is 2.38 bits per heavy atom. The highest BCUT2D eigenvalue weighted by Gasteiger charge is 2.10. The molecule has 0 aromatic heterocycles. The van der Waals surface area contributed by atoms with Crippen molar-refractivity contribution in [3.63, 3.8) is 0 Å². The van der Waals surface area contributed by atoms with Gasteiger partial charge in [-0.15, -0.1) is 0 Å². The minimum Gasteiger partial charge on any atom is -0.311 e. The quantitative estimate of drug-likeness (QED) is 0.778. The summed E-state index contributed by atoms with van der Waals surface area (Å²) in [4.78, 5) is 0. The Morgan fingerprint density at radius 1 is 1.19 bits per heavy atom. The van der Waals surface area contributed by atoms with Gasteiger partial charge in [0, 0.05) is 12.1 Å². The van der Waals surface area contributed by atoms with E-state index in [2.05, 4.69) is 26.1 Å². The maximum Gasteiger partial charge on any atom is 0.126 e. The highest BCUT2D eigenvalue weighted by molar-refractivity contribution is 5.18. The first-order chi connectivity index (χ1) is 7.67. The van der Waals surface area contributed by atoms with Crippen LogP contribution in [-0.2, 0) is 6.42 Å². The molecule has 0 saturated heterocycles.